The molecular formula is C16H27N5O. The molecule has 2 fully saturated rings. The zero-order chi connectivity index (χ0) is 15.4. The largest absolute Gasteiger partial charge is 0.348 e. The Morgan fingerprint density at radius 2 is 2.05 bits per heavy atom. The van der Waals surface area contributed by atoms with Gasteiger partial charge < -0.3 is 10.6 Å². The van der Waals surface area contributed by atoms with Crippen molar-refractivity contribution in [3.8, 4) is 0 Å². The summed E-state index contributed by atoms with van der Waals surface area (Å²) in [6.07, 6.45) is 9.74. The summed E-state index contributed by atoms with van der Waals surface area (Å²) >= 11 is 0. The van der Waals surface area contributed by atoms with Gasteiger partial charge in [0.25, 0.3) is 5.91 Å². The van der Waals surface area contributed by atoms with Gasteiger partial charge in [0.05, 0.1) is 12.2 Å². The molecule has 6 heteroatoms. The smallest absolute Gasteiger partial charge is 0.273 e. The first kappa shape index (κ1) is 15.5. The molecule has 1 saturated heterocycles. The lowest BCUT2D eigenvalue weighted by atomic mass is 10.0. The maximum Gasteiger partial charge on any atom is 0.273 e. The Balaban J connectivity index is 1.56. The van der Waals surface area contributed by atoms with Gasteiger partial charge in [-0.15, -0.1) is 5.10 Å². The lowest BCUT2D eigenvalue weighted by Crippen LogP contribution is -2.34. The lowest BCUT2D eigenvalue weighted by Gasteiger charge is -2.22. The van der Waals surface area contributed by atoms with E-state index >= 15 is 0 Å². The molecule has 0 aromatic carbocycles. The van der Waals surface area contributed by atoms with E-state index in [9.17, 15) is 4.79 Å². The standard InChI is InChI=1S/C16H27N5O/c1-12-3-2-4-13(6-5-12)18-16(22)15-11-21(20-19-15)14-7-9-17-10-8-14/h11-14,17H,2-10H2,1H3,(H,18,22). The van der Waals surface area contributed by atoms with E-state index in [1.165, 1.54) is 19.3 Å². The van der Waals surface area contributed by atoms with Crippen LogP contribution in [0.3, 0.4) is 0 Å². The average Bonchev–Trinajstić information content (AvgIpc) is 2.95. The number of hydrogen-bond donors (Lipinski definition) is 2. The molecular weight excluding hydrogens is 278 g/mol. The Labute approximate surface area is 132 Å². The fraction of sp³-hybridized carbons (Fsp3) is 0.812. The van der Waals surface area contributed by atoms with Gasteiger partial charge in [-0.3, -0.25) is 4.79 Å². The van der Waals surface area contributed by atoms with Crippen LogP contribution < -0.4 is 10.6 Å². The molecule has 2 atom stereocenters. The van der Waals surface area contributed by atoms with Crippen molar-refractivity contribution in [3.63, 3.8) is 0 Å². The summed E-state index contributed by atoms with van der Waals surface area (Å²) in [4.78, 5) is 12.4. The molecule has 2 unspecified atom stereocenters. The van der Waals surface area contributed by atoms with Crippen molar-refractivity contribution in [1.82, 2.24) is 25.6 Å². The predicted octanol–water partition coefficient (Wildman–Crippen LogP) is 1.90. The summed E-state index contributed by atoms with van der Waals surface area (Å²) in [6.45, 7) is 4.31. The van der Waals surface area contributed by atoms with Crippen LogP contribution in [0.25, 0.3) is 0 Å². The van der Waals surface area contributed by atoms with Crippen LogP contribution in [0, 0.1) is 5.92 Å². The Bertz CT molecular complexity index is 494. The molecule has 0 spiro atoms. The van der Waals surface area contributed by atoms with Gasteiger partial charge in [0, 0.05) is 6.04 Å². The number of nitrogens with zero attached hydrogens (tertiary/aromatic N) is 3. The number of nitrogens with one attached hydrogen (secondary N) is 2. The second-order valence-corrected chi connectivity index (χ2v) is 6.85. The van der Waals surface area contributed by atoms with E-state index < -0.39 is 0 Å². The van der Waals surface area contributed by atoms with Gasteiger partial charge in [-0.1, -0.05) is 25.0 Å². The highest BCUT2D eigenvalue weighted by atomic mass is 16.2. The maximum absolute atomic E-state index is 12.4. The summed E-state index contributed by atoms with van der Waals surface area (Å²) in [5.74, 6) is 0.711. The van der Waals surface area contributed by atoms with Gasteiger partial charge in [0.15, 0.2) is 5.69 Å². The number of amides is 1. The van der Waals surface area contributed by atoms with E-state index in [1.54, 1.807) is 0 Å². The third kappa shape index (κ3) is 3.85. The van der Waals surface area contributed by atoms with Crippen molar-refractivity contribution < 1.29 is 4.79 Å². The molecule has 1 aromatic rings. The van der Waals surface area contributed by atoms with Crippen LogP contribution in [0.1, 0.15) is 68.4 Å². The highest BCUT2D eigenvalue weighted by Crippen LogP contribution is 2.23. The molecule has 1 amide bonds. The van der Waals surface area contributed by atoms with Crippen molar-refractivity contribution >= 4 is 5.91 Å². The Morgan fingerprint density at radius 1 is 1.23 bits per heavy atom. The molecule has 122 valence electrons. The summed E-state index contributed by atoms with van der Waals surface area (Å²) in [6, 6.07) is 0.663. The van der Waals surface area contributed by atoms with Crippen molar-refractivity contribution in [2.75, 3.05) is 13.1 Å². The van der Waals surface area contributed by atoms with E-state index in [1.807, 2.05) is 10.9 Å². The Morgan fingerprint density at radius 3 is 2.86 bits per heavy atom. The number of aromatic nitrogens is 3. The highest BCUT2D eigenvalue weighted by Gasteiger charge is 2.22. The van der Waals surface area contributed by atoms with E-state index in [4.69, 9.17) is 0 Å². The predicted molar refractivity (Wildman–Crippen MR) is 84.7 cm³/mol. The summed E-state index contributed by atoms with van der Waals surface area (Å²) in [5.41, 5.74) is 0.454. The van der Waals surface area contributed by atoms with Gasteiger partial charge in [-0.25, -0.2) is 4.68 Å². The van der Waals surface area contributed by atoms with Crippen LogP contribution in [0.2, 0.25) is 0 Å². The van der Waals surface area contributed by atoms with Crippen LogP contribution in [-0.4, -0.2) is 40.0 Å². The zero-order valence-electron chi connectivity index (χ0n) is 13.4. The van der Waals surface area contributed by atoms with E-state index in [0.29, 0.717) is 17.8 Å². The SMILES string of the molecule is CC1CCCC(NC(=O)c2cn(C3CCNCC3)nn2)CC1. The highest BCUT2D eigenvalue weighted by molar-refractivity contribution is 5.92. The first-order valence-electron chi connectivity index (χ1n) is 8.66. The molecule has 3 rings (SSSR count). The maximum atomic E-state index is 12.4. The molecule has 0 radical (unpaired) electrons. The molecule has 2 aliphatic rings. The van der Waals surface area contributed by atoms with Gasteiger partial charge in [-0.2, -0.15) is 0 Å². The van der Waals surface area contributed by atoms with Gasteiger partial charge in [-0.05, 0) is 51.1 Å². The lowest BCUT2D eigenvalue weighted by molar-refractivity contribution is 0.0928. The van der Waals surface area contributed by atoms with Gasteiger partial charge >= 0.3 is 0 Å². The van der Waals surface area contributed by atoms with Crippen molar-refractivity contribution in [1.29, 1.82) is 0 Å². The van der Waals surface area contributed by atoms with E-state index in [2.05, 4.69) is 27.9 Å². The molecule has 1 aromatic heterocycles. The second-order valence-electron chi connectivity index (χ2n) is 6.85. The molecule has 1 aliphatic heterocycles. The van der Waals surface area contributed by atoms with E-state index in [0.717, 1.165) is 44.7 Å². The molecule has 2 heterocycles. The summed E-state index contributed by atoms with van der Waals surface area (Å²) in [7, 11) is 0. The fourth-order valence-corrected chi connectivity index (χ4v) is 3.52. The van der Waals surface area contributed by atoms with Gasteiger partial charge in [0.1, 0.15) is 0 Å². The molecule has 22 heavy (non-hydrogen) atoms. The number of carbonyl (C=O) groups is 1. The van der Waals surface area contributed by atoms with Crippen LogP contribution in [0.4, 0.5) is 0 Å². The van der Waals surface area contributed by atoms with E-state index in [-0.39, 0.29) is 5.91 Å². The van der Waals surface area contributed by atoms with Crippen LogP contribution in [0.5, 0.6) is 0 Å². The summed E-state index contributed by atoms with van der Waals surface area (Å²) < 4.78 is 1.87. The normalized spacial score (nSPS) is 27.3. The third-order valence-corrected chi connectivity index (χ3v) is 5.02. The van der Waals surface area contributed by atoms with Crippen molar-refractivity contribution in [2.24, 2.45) is 5.92 Å². The first-order chi connectivity index (χ1) is 10.7. The number of hydrogen-bond acceptors (Lipinski definition) is 4. The first-order valence-corrected chi connectivity index (χ1v) is 8.66. The molecule has 0 bridgehead atoms. The number of piperidine rings is 1. The monoisotopic (exact) mass is 305 g/mol. The topological polar surface area (TPSA) is 71.8 Å². The van der Waals surface area contributed by atoms with Crippen molar-refractivity contribution in [3.05, 3.63) is 11.9 Å². The molecule has 6 nitrogen and oxygen atoms in total. The van der Waals surface area contributed by atoms with Crippen LogP contribution in [0.15, 0.2) is 6.20 Å². The minimum atomic E-state index is -0.0697. The number of carbonyl (C=O) groups excluding carboxylic acids is 1. The van der Waals surface area contributed by atoms with Crippen LogP contribution in [-0.2, 0) is 0 Å². The summed E-state index contributed by atoms with van der Waals surface area (Å²) in [5, 5.41) is 14.7. The Hall–Kier alpha value is -1.43. The molecule has 1 saturated carbocycles. The fourth-order valence-electron chi connectivity index (χ4n) is 3.52. The quantitative estimate of drug-likeness (QED) is 0.837. The second kappa shape index (κ2) is 7.22. The minimum absolute atomic E-state index is 0.0697. The van der Waals surface area contributed by atoms with Crippen LogP contribution >= 0.6 is 0 Å². The number of rotatable bonds is 3. The van der Waals surface area contributed by atoms with Gasteiger partial charge in [0.2, 0.25) is 0 Å². The van der Waals surface area contributed by atoms with Crippen molar-refractivity contribution in [2.45, 2.75) is 64.0 Å². The molecule has 2 N–H and O–H groups in total. The Kier molecular flexibility index (Phi) is 5.08. The average molecular weight is 305 g/mol. The zero-order valence-corrected chi connectivity index (χ0v) is 13.4. The minimum Gasteiger partial charge on any atom is -0.348 e. The molecule has 1 aliphatic carbocycles. The third-order valence-electron chi connectivity index (χ3n) is 5.02.